The number of carbonyl (C=O) groups is 3. The Bertz CT molecular complexity index is 613. The number of methoxy groups -OCH3 is 2. The summed E-state index contributed by atoms with van der Waals surface area (Å²) in [6.07, 6.45) is 0.719. The lowest BCUT2D eigenvalue weighted by Gasteiger charge is -2.01. The van der Waals surface area contributed by atoms with Crippen LogP contribution >= 0.6 is 34.9 Å². The van der Waals surface area contributed by atoms with E-state index in [2.05, 4.69) is 9.47 Å². The molecule has 2 rings (SSSR count). The molecule has 0 saturated heterocycles. The molecule has 0 atom stereocenters. The number of carbonyl (C=O) groups excluding carboxylic acids is 3. The SMILES string of the molecule is COC(=O)C1=C(C(=O)OC)SC(=C(C=O)c2cccs2)S1. The number of ether oxygens (including phenoxy) is 2. The van der Waals surface area contributed by atoms with Crippen LogP contribution in [0.5, 0.6) is 0 Å². The molecular formula is C13H10O5S3. The summed E-state index contributed by atoms with van der Waals surface area (Å²) >= 11 is 3.50. The van der Waals surface area contributed by atoms with Crippen LogP contribution in [-0.2, 0) is 23.9 Å². The van der Waals surface area contributed by atoms with Gasteiger partial charge in [0.15, 0.2) is 6.29 Å². The Hall–Kier alpha value is -1.51. The van der Waals surface area contributed by atoms with Gasteiger partial charge in [0.25, 0.3) is 0 Å². The van der Waals surface area contributed by atoms with Gasteiger partial charge in [0.2, 0.25) is 0 Å². The fraction of sp³-hybridized carbons (Fsp3) is 0.154. The number of rotatable bonds is 4. The molecule has 0 bridgehead atoms. The van der Waals surface area contributed by atoms with Gasteiger partial charge < -0.3 is 9.47 Å². The van der Waals surface area contributed by atoms with Gasteiger partial charge in [0, 0.05) is 4.88 Å². The fourth-order valence-electron chi connectivity index (χ4n) is 1.50. The van der Waals surface area contributed by atoms with Crippen LogP contribution in [-0.4, -0.2) is 32.4 Å². The van der Waals surface area contributed by atoms with E-state index in [-0.39, 0.29) is 9.81 Å². The zero-order valence-electron chi connectivity index (χ0n) is 11.1. The first-order valence-electron chi connectivity index (χ1n) is 5.62. The minimum absolute atomic E-state index is 0.139. The number of esters is 2. The van der Waals surface area contributed by atoms with Crippen molar-refractivity contribution in [1.29, 1.82) is 0 Å². The molecule has 0 fully saturated rings. The Kier molecular flexibility index (Phi) is 5.27. The molecule has 0 aliphatic carbocycles. The van der Waals surface area contributed by atoms with Crippen LogP contribution in [0.15, 0.2) is 31.6 Å². The van der Waals surface area contributed by atoms with Gasteiger partial charge in [-0.1, -0.05) is 29.6 Å². The summed E-state index contributed by atoms with van der Waals surface area (Å²) in [5.74, 6) is -1.25. The molecular weight excluding hydrogens is 332 g/mol. The Labute approximate surface area is 133 Å². The van der Waals surface area contributed by atoms with Crippen LogP contribution in [0.4, 0.5) is 0 Å². The zero-order valence-corrected chi connectivity index (χ0v) is 13.5. The van der Waals surface area contributed by atoms with Gasteiger partial charge in [-0.25, -0.2) is 9.59 Å². The van der Waals surface area contributed by atoms with Crippen molar-refractivity contribution in [3.63, 3.8) is 0 Å². The fourth-order valence-corrected chi connectivity index (χ4v) is 4.88. The van der Waals surface area contributed by atoms with E-state index in [1.54, 1.807) is 6.07 Å². The van der Waals surface area contributed by atoms with E-state index < -0.39 is 11.9 Å². The molecule has 8 heteroatoms. The highest BCUT2D eigenvalue weighted by Crippen LogP contribution is 2.52. The highest BCUT2D eigenvalue weighted by Gasteiger charge is 2.34. The summed E-state index contributed by atoms with van der Waals surface area (Å²) in [7, 11) is 2.47. The van der Waals surface area contributed by atoms with Crippen LogP contribution in [0.2, 0.25) is 0 Å². The van der Waals surface area contributed by atoms with Gasteiger partial charge in [0.05, 0.1) is 24.0 Å². The van der Waals surface area contributed by atoms with Gasteiger partial charge in [-0.2, -0.15) is 0 Å². The largest absolute Gasteiger partial charge is 0.465 e. The number of allylic oxidation sites excluding steroid dienone is 1. The maximum Gasteiger partial charge on any atom is 0.346 e. The molecule has 0 N–H and O–H groups in total. The lowest BCUT2D eigenvalue weighted by atomic mass is 10.3. The lowest BCUT2D eigenvalue weighted by Crippen LogP contribution is -2.08. The van der Waals surface area contributed by atoms with Crippen molar-refractivity contribution in [2.75, 3.05) is 14.2 Å². The summed E-state index contributed by atoms with van der Waals surface area (Å²) in [6.45, 7) is 0. The highest BCUT2D eigenvalue weighted by atomic mass is 32.2. The number of thiophene rings is 1. The molecule has 0 radical (unpaired) electrons. The second kappa shape index (κ2) is 6.97. The maximum atomic E-state index is 11.8. The molecule has 1 aliphatic rings. The van der Waals surface area contributed by atoms with Gasteiger partial charge in [-0.05, 0) is 11.4 Å². The Balaban J connectivity index is 2.43. The van der Waals surface area contributed by atoms with Crippen molar-refractivity contribution in [2.24, 2.45) is 0 Å². The summed E-state index contributed by atoms with van der Waals surface area (Å²) in [5, 5.41) is 1.85. The molecule has 1 aromatic rings. The van der Waals surface area contributed by atoms with E-state index in [1.165, 1.54) is 25.6 Å². The van der Waals surface area contributed by atoms with E-state index >= 15 is 0 Å². The lowest BCUT2D eigenvalue weighted by molar-refractivity contribution is -0.138. The van der Waals surface area contributed by atoms with Gasteiger partial charge in [0.1, 0.15) is 9.81 Å². The number of hydrogen-bond acceptors (Lipinski definition) is 8. The highest BCUT2D eigenvalue weighted by molar-refractivity contribution is 8.29. The minimum atomic E-state index is -0.626. The molecule has 0 aromatic carbocycles. The van der Waals surface area contributed by atoms with E-state index in [9.17, 15) is 14.4 Å². The van der Waals surface area contributed by atoms with E-state index in [0.717, 1.165) is 34.7 Å². The third kappa shape index (κ3) is 3.22. The van der Waals surface area contributed by atoms with Crippen LogP contribution in [0, 0.1) is 0 Å². The van der Waals surface area contributed by atoms with E-state index in [0.29, 0.717) is 9.81 Å². The molecule has 0 spiro atoms. The molecule has 0 amide bonds. The summed E-state index contributed by atoms with van der Waals surface area (Å²) < 4.78 is 9.89. The van der Waals surface area contributed by atoms with Crippen LogP contribution in [0.3, 0.4) is 0 Å². The molecule has 0 unspecified atom stereocenters. The van der Waals surface area contributed by atoms with Crippen molar-refractivity contribution < 1.29 is 23.9 Å². The Morgan fingerprint density at radius 2 is 1.67 bits per heavy atom. The third-order valence-electron chi connectivity index (χ3n) is 2.46. The zero-order chi connectivity index (χ0) is 15.4. The Morgan fingerprint density at radius 3 is 2.05 bits per heavy atom. The summed E-state index contributed by atoms with van der Waals surface area (Å²) in [5.41, 5.74) is 0.445. The molecule has 1 aromatic heterocycles. The van der Waals surface area contributed by atoms with Crippen molar-refractivity contribution in [2.45, 2.75) is 0 Å². The predicted octanol–water partition coefficient (Wildman–Crippen LogP) is 2.65. The normalized spacial score (nSPS) is 14.1. The van der Waals surface area contributed by atoms with Crippen LogP contribution < -0.4 is 0 Å². The number of aldehydes is 1. The monoisotopic (exact) mass is 342 g/mol. The second-order valence-electron chi connectivity index (χ2n) is 3.64. The average molecular weight is 342 g/mol. The molecule has 21 heavy (non-hydrogen) atoms. The van der Waals surface area contributed by atoms with E-state index in [4.69, 9.17) is 0 Å². The van der Waals surface area contributed by atoms with Gasteiger partial charge in [-0.3, -0.25) is 4.79 Å². The first-order chi connectivity index (χ1) is 10.1. The van der Waals surface area contributed by atoms with Crippen LogP contribution in [0.25, 0.3) is 5.57 Å². The van der Waals surface area contributed by atoms with Crippen molar-refractivity contribution in [3.8, 4) is 0 Å². The van der Waals surface area contributed by atoms with Crippen LogP contribution in [0.1, 0.15) is 4.88 Å². The summed E-state index contributed by atoms with van der Waals surface area (Å²) in [6, 6.07) is 3.63. The Morgan fingerprint density at radius 1 is 1.10 bits per heavy atom. The van der Waals surface area contributed by atoms with Crippen molar-refractivity contribution in [3.05, 3.63) is 36.4 Å². The predicted molar refractivity (Wildman–Crippen MR) is 83.5 cm³/mol. The molecule has 1 aliphatic heterocycles. The van der Waals surface area contributed by atoms with Crippen molar-refractivity contribution >= 4 is 58.7 Å². The summed E-state index contributed by atoms with van der Waals surface area (Å²) in [4.78, 5) is 35.9. The average Bonchev–Trinajstić information content (AvgIpc) is 3.16. The molecule has 0 saturated carbocycles. The van der Waals surface area contributed by atoms with E-state index in [1.807, 2.05) is 11.4 Å². The quantitative estimate of drug-likeness (QED) is 0.473. The minimum Gasteiger partial charge on any atom is -0.465 e. The van der Waals surface area contributed by atoms with Gasteiger partial charge in [-0.15, -0.1) is 11.3 Å². The maximum absolute atomic E-state index is 11.8. The van der Waals surface area contributed by atoms with Gasteiger partial charge >= 0.3 is 11.9 Å². The standard InChI is InChI=1S/C13H10O5S3/c1-17-11(15)9-10(12(16)18-2)21-13(20-9)7(6-14)8-4-3-5-19-8/h3-6H,1-2H3. The second-order valence-corrected chi connectivity index (χ2v) is 6.89. The number of hydrogen-bond donors (Lipinski definition) is 0. The molecule has 5 nitrogen and oxygen atoms in total. The smallest absolute Gasteiger partial charge is 0.346 e. The van der Waals surface area contributed by atoms with Crippen molar-refractivity contribution in [1.82, 2.24) is 0 Å². The number of thioether (sulfide) groups is 2. The topological polar surface area (TPSA) is 69.7 Å². The first kappa shape index (κ1) is 15.9. The first-order valence-corrected chi connectivity index (χ1v) is 8.13. The molecule has 2 heterocycles. The third-order valence-corrected chi connectivity index (χ3v) is 5.95. The molecule has 110 valence electrons.